The number of aryl methyl sites for hydroxylation is 1. The molecule has 0 bridgehead atoms. The van der Waals surface area contributed by atoms with Gasteiger partial charge in [-0.1, -0.05) is 45.0 Å². The Bertz CT molecular complexity index is 493. The Morgan fingerprint density at radius 2 is 1.91 bits per heavy atom. The van der Waals surface area contributed by atoms with Crippen LogP contribution >= 0.6 is 12.4 Å². The highest BCUT2D eigenvalue weighted by Crippen LogP contribution is 2.22. The number of benzene rings is 1. The standard InChI is InChI=1S/C19H30N2O.ClH/c1-19(2,3)16-10-7-15(8-11-16)9-12-18(22)21-13-5-6-17(14-21)20-4;/h7-8,10-11,17,20H,5-6,9,12-14H2,1-4H3;1H. The Balaban J connectivity index is 0.00000264. The first kappa shape index (κ1) is 20.0. The molecule has 0 saturated carbocycles. The van der Waals surface area contributed by atoms with Crippen LogP contribution in [-0.2, 0) is 16.6 Å². The molecule has 1 aromatic rings. The van der Waals surface area contributed by atoms with Gasteiger partial charge in [0.05, 0.1) is 0 Å². The second-order valence-corrected chi connectivity index (χ2v) is 7.41. The van der Waals surface area contributed by atoms with Crippen LogP contribution in [0.15, 0.2) is 24.3 Å². The number of likely N-dealkylation sites (tertiary alicyclic amines) is 1. The van der Waals surface area contributed by atoms with E-state index in [2.05, 4.69) is 50.4 Å². The van der Waals surface area contributed by atoms with Gasteiger partial charge in [-0.3, -0.25) is 4.79 Å². The number of nitrogens with zero attached hydrogens (tertiary/aromatic N) is 1. The molecule has 1 heterocycles. The third-order valence-corrected chi connectivity index (χ3v) is 4.63. The largest absolute Gasteiger partial charge is 0.341 e. The molecule has 1 N–H and O–H groups in total. The lowest BCUT2D eigenvalue weighted by molar-refractivity contribution is -0.132. The number of halogens is 1. The molecule has 1 atom stereocenters. The smallest absolute Gasteiger partial charge is 0.222 e. The molecule has 1 aromatic carbocycles. The minimum absolute atomic E-state index is 0. The first-order valence-corrected chi connectivity index (χ1v) is 8.44. The molecule has 0 radical (unpaired) electrons. The molecule has 1 amide bonds. The van der Waals surface area contributed by atoms with Gasteiger partial charge in [0.2, 0.25) is 5.91 Å². The molecule has 4 heteroatoms. The Morgan fingerprint density at radius 1 is 1.26 bits per heavy atom. The van der Waals surface area contributed by atoms with Gasteiger partial charge in [0.1, 0.15) is 0 Å². The van der Waals surface area contributed by atoms with E-state index in [0.29, 0.717) is 18.4 Å². The van der Waals surface area contributed by atoms with Crippen LogP contribution in [-0.4, -0.2) is 37.0 Å². The Kier molecular flexibility index (Phi) is 7.56. The van der Waals surface area contributed by atoms with Crippen LogP contribution in [0.4, 0.5) is 0 Å². The summed E-state index contributed by atoms with van der Waals surface area (Å²) in [7, 11) is 1.98. The van der Waals surface area contributed by atoms with Crippen LogP contribution < -0.4 is 5.32 Å². The van der Waals surface area contributed by atoms with Crippen molar-refractivity contribution in [1.82, 2.24) is 10.2 Å². The van der Waals surface area contributed by atoms with Crippen molar-refractivity contribution in [3.8, 4) is 0 Å². The van der Waals surface area contributed by atoms with Crippen molar-refractivity contribution < 1.29 is 4.79 Å². The van der Waals surface area contributed by atoms with Crippen LogP contribution in [0.3, 0.4) is 0 Å². The SMILES string of the molecule is CNC1CCCN(C(=O)CCc2ccc(C(C)(C)C)cc2)C1.Cl. The Hall–Kier alpha value is -1.06. The first-order valence-electron chi connectivity index (χ1n) is 8.44. The fourth-order valence-corrected chi connectivity index (χ4v) is 3.02. The molecular formula is C19H31ClN2O. The number of likely N-dealkylation sites (N-methyl/N-ethyl adjacent to an activating group) is 1. The number of piperidine rings is 1. The lowest BCUT2D eigenvalue weighted by Crippen LogP contribution is -2.47. The van der Waals surface area contributed by atoms with E-state index in [0.717, 1.165) is 25.9 Å². The predicted molar refractivity (Wildman–Crippen MR) is 99.4 cm³/mol. The minimum Gasteiger partial charge on any atom is -0.341 e. The number of hydrogen-bond acceptors (Lipinski definition) is 2. The number of carbonyl (C=O) groups excluding carboxylic acids is 1. The minimum atomic E-state index is 0. The normalized spacial score (nSPS) is 18.4. The van der Waals surface area contributed by atoms with Gasteiger partial charge in [-0.2, -0.15) is 0 Å². The summed E-state index contributed by atoms with van der Waals surface area (Å²) < 4.78 is 0. The van der Waals surface area contributed by atoms with Crippen molar-refractivity contribution in [2.24, 2.45) is 0 Å². The maximum atomic E-state index is 12.4. The van der Waals surface area contributed by atoms with Crippen LogP contribution in [0.5, 0.6) is 0 Å². The zero-order valence-corrected chi connectivity index (χ0v) is 15.7. The van der Waals surface area contributed by atoms with Gasteiger partial charge in [-0.05, 0) is 42.9 Å². The van der Waals surface area contributed by atoms with E-state index in [1.54, 1.807) is 0 Å². The maximum absolute atomic E-state index is 12.4. The fraction of sp³-hybridized carbons (Fsp3) is 0.632. The summed E-state index contributed by atoms with van der Waals surface area (Å²) in [6, 6.07) is 9.18. The van der Waals surface area contributed by atoms with E-state index >= 15 is 0 Å². The highest BCUT2D eigenvalue weighted by Gasteiger charge is 2.22. The lowest BCUT2D eigenvalue weighted by atomic mass is 9.86. The third kappa shape index (κ3) is 5.82. The second kappa shape index (κ2) is 8.70. The molecule has 0 aromatic heterocycles. The van der Waals surface area contributed by atoms with Crippen molar-refractivity contribution in [2.45, 2.75) is 57.9 Å². The molecule has 1 aliphatic heterocycles. The molecule has 1 saturated heterocycles. The Labute approximate surface area is 147 Å². The number of carbonyl (C=O) groups is 1. The molecule has 0 aliphatic carbocycles. The highest BCUT2D eigenvalue weighted by atomic mass is 35.5. The van der Waals surface area contributed by atoms with Crippen LogP contribution in [0.25, 0.3) is 0 Å². The van der Waals surface area contributed by atoms with Crippen molar-refractivity contribution >= 4 is 18.3 Å². The summed E-state index contributed by atoms with van der Waals surface area (Å²) in [6.45, 7) is 8.44. The molecule has 0 spiro atoms. The van der Waals surface area contributed by atoms with Crippen molar-refractivity contribution in [2.75, 3.05) is 20.1 Å². The molecule has 1 unspecified atom stereocenters. The average Bonchev–Trinajstić information content (AvgIpc) is 2.52. The topological polar surface area (TPSA) is 32.3 Å². The quantitative estimate of drug-likeness (QED) is 0.910. The van der Waals surface area contributed by atoms with Gasteiger partial charge in [-0.25, -0.2) is 0 Å². The summed E-state index contributed by atoms with van der Waals surface area (Å²) >= 11 is 0. The molecule has 130 valence electrons. The average molecular weight is 339 g/mol. The summed E-state index contributed by atoms with van der Waals surface area (Å²) in [6.07, 6.45) is 3.74. The van der Waals surface area contributed by atoms with Crippen molar-refractivity contribution in [3.05, 3.63) is 35.4 Å². The van der Waals surface area contributed by atoms with E-state index < -0.39 is 0 Å². The van der Waals surface area contributed by atoms with Crippen LogP contribution in [0, 0.1) is 0 Å². The fourth-order valence-electron chi connectivity index (χ4n) is 3.02. The van der Waals surface area contributed by atoms with Crippen molar-refractivity contribution in [3.63, 3.8) is 0 Å². The second-order valence-electron chi connectivity index (χ2n) is 7.41. The van der Waals surface area contributed by atoms with Gasteiger partial charge < -0.3 is 10.2 Å². The summed E-state index contributed by atoms with van der Waals surface area (Å²) in [5.74, 6) is 0.292. The Morgan fingerprint density at radius 3 is 2.48 bits per heavy atom. The molecule has 23 heavy (non-hydrogen) atoms. The van der Waals surface area contributed by atoms with E-state index in [4.69, 9.17) is 0 Å². The summed E-state index contributed by atoms with van der Waals surface area (Å²) in [5, 5.41) is 3.29. The van der Waals surface area contributed by atoms with Gasteiger partial charge >= 0.3 is 0 Å². The maximum Gasteiger partial charge on any atom is 0.222 e. The molecule has 1 aliphatic rings. The van der Waals surface area contributed by atoms with Crippen LogP contribution in [0.1, 0.15) is 51.2 Å². The third-order valence-electron chi connectivity index (χ3n) is 4.63. The van der Waals surface area contributed by atoms with Gasteiger partial charge in [-0.15, -0.1) is 12.4 Å². The summed E-state index contributed by atoms with van der Waals surface area (Å²) in [4.78, 5) is 14.4. The lowest BCUT2D eigenvalue weighted by Gasteiger charge is -2.32. The number of nitrogens with one attached hydrogen (secondary N) is 1. The highest BCUT2D eigenvalue weighted by molar-refractivity contribution is 5.85. The zero-order valence-electron chi connectivity index (χ0n) is 14.9. The van der Waals surface area contributed by atoms with Gasteiger partial charge in [0, 0.05) is 25.6 Å². The molecular weight excluding hydrogens is 308 g/mol. The number of hydrogen-bond donors (Lipinski definition) is 1. The van der Waals surface area contributed by atoms with E-state index in [1.165, 1.54) is 17.5 Å². The molecule has 3 nitrogen and oxygen atoms in total. The monoisotopic (exact) mass is 338 g/mol. The summed E-state index contributed by atoms with van der Waals surface area (Å²) in [5.41, 5.74) is 2.78. The first-order chi connectivity index (χ1) is 10.4. The van der Waals surface area contributed by atoms with E-state index in [1.807, 2.05) is 11.9 Å². The van der Waals surface area contributed by atoms with Crippen LogP contribution in [0.2, 0.25) is 0 Å². The van der Waals surface area contributed by atoms with E-state index in [9.17, 15) is 4.79 Å². The van der Waals surface area contributed by atoms with Gasteiger partial charge in [0.15, 0.2) is 0 Å². The number of amides is 1. The molecule has 2 rings (SSSR count). The number of rotatable bonds is 4. The van der Waals surface area contributed by atoms with Crippen molar-refractivity contribution in [1.29, 1.82) is 0 Å². The predicted octanol–water partition coefficient (Wildman–Crippen LogP) is 3.55. The zero-order chi connectivity index (χ0) is 16.2. The molecule has 1 fully saturated rings. The van der Waals surface area contributed by atoms with Gasteiger partial charge in [0.25, 0.3) is 0 Å². The van der Waals surface area contributed by atoms with E-state index in [-0.39, 0.29) is 17.8 Å².